The Bertz CT molecular complexity index is 431. The van der Waals surface area contributed by atoms with Crippen molar-refractivity contribution in [2.45, 2.75) is 12.0 Å². The van der Waals surface area contributed by atoms with Gasteiger partial charge in [0.25, 0.3) is 0 Å². The molecule has 1 amide bonds. The minimum Gasteiger partial charge on any atom is -0.443 e. The number of halogens is 4. The van der Waals surface area contributed by atoms with Crippen LogP contribution in [0.5, 0.6) is 0 Å². The Hall–Kier alpha value is -0.630. The van der Waals surface area contributed by atoms with Gasteiger partial charge in [-0.3, -0.25) is 0 Å². The highest BCUT2D eigenvalue weighted by atomic mass is 127. The smallest absolute Gasteiger partial charge is 0.408 e. The van der Waals surface area contributed by atoms with Crippen molar-refractivity contribution in [3.8, 4) is 0 Å². The van der Waals surface area contributed by atoms with Gasteiger partial charge in [0, 0.05) is 3.57 Å². The predicted octanol–water partition coefficient (Wildman–Crippen LogP) is 3.13. The Labute approximate surface area is 116 Å². The molecule has 7 heteroatoms. The molecular formula is C10H9ClF2INO2. The van der Waals surface area contributed by atoms with E-state index in [0.29, 0.717) is 5.56 Å². The maximum absolute atomic E-state index is 13.5. The zero-order chi connectivity index (χ0) is 11.8. The molecule has 1 aliphatic rings. The minimum atomic E-state index is -3.08. The number of hydrogen-bond acceptors (Lipinski definition) is 2. The molecule has 1 atom stereocenters. The van der Waals surface area contributed by atoms with Gasteiger partial charge in [-0.25, -0.2) is 13.6 Å². The largest absolute Gasteiger partial charge is 0.443 e. The van der Waals surface area contributed by atoms with E-state index in [-0.39, 0.29) is 12.4 Å². The van der Waals surface area contributed by atoms with Crippen molar-refractivity contribution in [1.29, 1.82) is 0 Å². The first-order valence-electron chi connectivity index (χ1n) is 4.55. The molecule has 1 N–H and O–H groups in total. The van der Waals surface area contributed by atoms with Gasteiger partial charge in [0.1, 0.15) is 6.04 Å². The lowest BCUT2D eigenvalue weighted by Crippen LogP contribution is -2.49. The van der Waals surface area contributed by atoms with E-state index in [2.05, 4.69) is 10.1 Å². The van der Waals surface area contributed by atoms with Gasteiger partial charge >= 0.3 is 12.0 Å². The first-order valence-corrected chi connectivity index (χ1v) is 5.63. The number of hydrogen-bond donors (Lipinski definition) is 1. The summed E-state index contributed by atoms with van der Waals surface area (Å²) in [5, 5.41) is 2.14. The maximum atomic E-state index is 13.5. The first kappa shape index (κ1) is 14.4. The Morgan fingerprint density at radius 3 is 2.82 bits per heavy atom. The molecule has 0 bridgehead atoms. The lowest BCUT2D eigenvalue weighted by molar-refractivity contribution is -0.104. The number of alkyl carbamates (subject to hydrolysis) is 1. The van der Waals surface area contributed by atoms with Crippen LogP contribution in [0.4, 0.5) is 13.6 Å². The molecule has 1 fully saturated rings. The molecule has 0 saturated carbocycles. The zero-order valence-electron chi connectivity index (χ0n) is 8.45. The van der Waals surface area contributed by atoms with Crippen molar-refractivity contribution in [3.05, 3.63) is 33.4 Å². The molecule has 2 rings (SSSR count). The number of cyclic esters (lactones) is 1. The van der Waals surface area contributed by atoms with Crippen LogP contribution in [0.3, 0.4) is 0 Å². The summed E-state index contributed by atoms with van der Waals surface area (Å²) in [4.78, 5) is 11.0. The van der Waals surface area contributed by atoms with Crippen LogP contribution in [0.1, 0.15) is 11.6 Å². The normalized spacial score (nSPS) is 22.1. The van der Waals surface area contributed by atoms with Crippen LogP contribution in [0.2, 0.25) is 0 Å². The highest BCUT2D eigenvalue weighted by Gasteiger charge is 2.46. The van der Waals surface area contributed by atoms with E-state index in [4.69, 9.17) is 0 Å². The molecule has 1 heterocycles. The van der Waals surface area contributed by atoms with Crippen LogP contribution in [0, 0.1) is 3.57 Å². The summed E-state index contributed by atoms with van der Waals surface area (Å²) in [6, 6.07) is 5.33. The molecule has 1 aromatic rings. The lowest BCUT2D eigenvalue weighted by Gasteiger charge is -2.31. The van der Waals surface area contributed by atoms with Gasteiger partial charge in [0.2, 0.25) is 0 Å². The molecule has 1 aromatic carbocycles. The highest BCUT2D eigenvalue weighted by Crippen LogP contribution is 2.34. The lowest BCUT2D eigenvalue weighted by atomic mass is 10.0. The fraction of sp³-hybridized carbons (Fsp3) is 0.300. The van der Waals surface area contributed by atoms with E-state index in [9.17, 15) is 13.6 Å². The van der Waals surface area contributed by atoms with Crippen molar-refractivity contribution in [2.24, 2.45) is 0 Å². The van der Waals surface area contributed by atoms with Gasteiger partial charge in [0.05, 0.1) is 0 Å². The molecule has 0 radical (unpaired) electrons. The summed E-state index contributed by atoms with van der Waals surface area (Å²) in [5.41, 5.74) is 0.383. The van der Waals surface area contributed by atoms with Crippen LogP contribution >= 0.6 is 35.0 Å². The molecular weight excluding hydrogens is 366 g/mol. The monoisotopic (exact) mass is 375 g/mol. The second-order valence-electron chi connectivity index (χ2n) is 3.47. The van der Waals surface area contributed by atoms with Gasteiger partial charge in [-0.1, -0.05) is 12.1 Å². The molecule has 1 aliphatic heterocycles. The Kier molecular flexibility index (Phi) is 4.54. The third kappa shape index (κ3) is 3.19. The summed E-state index contributed by atoms with van der Waals surface area (Å²) >= 11 is 2.03. The van der Waals surface area contributed by atoms with Crippen molar-refractivity contribution in [1.82, 2.24) is 5.32 Å². The van der Waals surface area contributed by atoms with Crippen molar-refractivity contribution >= 4 is 41.1 Å². The molecule has 0 aliphatic carbocycles. The number of benzene rings is 1. The van der Waals surface area contributed by atoms with Crippen LogP contribution in [-0.2, 0) is 4.74 Å². The highest BCUT2D eigenvalue weighted by molar-refractivity contribution is 14.1. The molecule has 0 unspecified atom stereocenters. The van der Waals surface area contributed by atoms with Crippen LogP contribution in [0.25, 0.3) is 0 Å². The van der Waals surface area contributed by atoms with Crippen molar-refractivity contribution in [3.63, 3.8) is 0 Å². The summed E-state index contributed by atoms with van der Waals surface area (Å²) in [7, 11) is 0. The predicted molar refractivity (Wildman–Crippen MR) is 68.6 cm³/mol. The van der Waals surface area contributed by atoms with Gasteiger partial charge < -0.3 is 10.1 Å². The third-order valence-electron chi connectivity index (χ3n) is 2.26. The van der Waals surface area contributed by atoms with Crippen LogP contribution in [-0.4, -0.2) is 18.6 Å². The summed E-state index contributed by atoms with van der Waals surface area (Å²) < 4.78 is 32.1. The number of nitrogens with one attached hydrogen (secondary N) is 1. The maximum Gasteiger partial charge on any atom is 0.408 e. The SMILES string of the molecule is Cl.O=C1N[C@@H](c2cccc(I)c2)C(F)(F)CO1. The minimum absolute atomic E-state index is 0. The van der Waals surface area contributed by atoms with E-state index in [1.54, 1.807) is 24.3 Å². The Morgan fingerprint density at radius 1 is 1.47 bits per heavy atom. The number of rotatable bonds is 1. The number of amides is 1. The fourth-order valence-electron chi connectivity index (χ4n) is 1.52. The molecule has 17 heavy (non-hydrogen) atoms. The van der Waals surface area contributed by atoms with Crippen molar-refractivity contribution < 1.29 is 18.3 Å². The quantitative estimate of drug-likeness (QED) is 0.766. The molecule has 3 nitrogen and oxygen atoms in total. The van der Waals surface area contributed by atoms with Gasteiger partial charge in [-0.15, -0.1) is 12.4 Å². The Balaban J connectivity index is 0.00000144. The van der Waals surface area contributed by atoms with E-state index in [1.807, 2.05) is 22.6 Å². The second-order valence-corrected chi connectivity index (χ2v) is 4.72. The number of carbonyl (C=O) groups is 1. The van der Waals surface area contributed by atoms with Crippen molar-refractivity contribution in [2.75, 3.05) is 6.61 Å². The standard InChI is InChI=1S/C10H8F2INO2.ClH/c11-10(12)5-16-9(15)14-8(10)6-2-1-3-7(13)4-6;/h1-4,8H,5H2,(H,14,15);1H/t8-;/m0./s1. The summed E-state index contributed by atoms with van der Waals surface area (Å²) in [5.74, 6) is -3.08. The van der Waals surface area contributed by atoms with Gasteiger partial charge in [0.15, 0.2) is 6.61 Å². The van der Waals surface area contributed by atoms with E-state index >= 15 is 0 Å². The van der Waals surface area contributed by atoms with Gasteiger partial charge in [-0.05, 0) is 40.3 Å². The molecule has 0 aromatic heterocycles. The average Bonchev–Trinajstić information content (AvgIpc) is 2.22. The van der Waals surface area contributed by atoms with E-state index < -0.39 is 24.7 Å². The first-order chi connectivity index (χ1) is 7.49. The molecule has 94 valence electrons. The van der Waals surface area contributed by atoms with E-state index in [0.717, 1.165) is 3.57 Å². The van der Waals surface area contributed by atoms with Crippen LogP contribution < -0.4 is 5.32 Å². The number of carbonyl (C=O) groups excluding carboxylic acids is 1. The molecule has 0 spiro atoms. The van der Waals surface area contributed by atoms with E-state index in [1.165, 1.54) is 0 Å². The number of ether oxygens (including phenoxy) is 1. The fourth-order valence-corrected chi connectivity index (χ4v) is 2.09. The van der Waals surface area contributed by atoms with Gasteiger partial charge in [-0.2, -0.15) is 0 Å². The van der Waals surface area contributed by atoms with Crippen LogP contribution in [0.15, 0.2) is 24.3 Å². The number of alkyl halides is 2. The Morgan fingerprint density at radius 2 is 2.18 bits per heavy atom. The average molecular weight is 376 g/mol. The summed E-state index contributed by atoms with van der Waals surface area (Å²) in [6.45, 7) is -0.880. The second kappa shape index (κ2) is 5.34. The topological polar surface area (TPSA) is 38.3 Å². The molecule has 1 saturated heterocycles. The third-order valence-corrected chi connectivity index (χ3v) is 2.93. The zero-order valence-corrected chi connectivity index (χ0v) is 11.4. The summed E-state index contributed by atoms with van der Waals surface area (Å²) in [6.07, 6.45) is -0.810.